The highest BCUT2D eigenvalue weighted by atomic mass is 32.1. The summed E-state index contributed by atoms with van der Waals surface area (Å²) in [7, 11) is 0. The minimum Gasteiger partial charge on any atom is -0.494 e. The normalized spacial score (nSPS) is 10.9. The Morgan fingerprint density at radius 1 is 1.07 bits per heavy atom. The van der Waals surface area contributed by atoms with E-state index < -0.39 is 0 Å². The van der Waals surface area contributed by atoms with E-state index in [0.717, 1.165) is 32.1 Å². The molecule has 4 aromatic rings. The highest BCUT2D eigenvalue weighted by Crippen LogP contribution is 2.32. The summed E-state index contributed by atoms with van der Waals surface area (Å²) in [5.74, 6) is 0.599. The molecule has 0 saturated carbocycles. The minimum absolute atomic E-state index is 0.233. The van der Waals surface area contributed by atoms with Gasteiger partial charge in [-0.3, -0.25) is 10.1 Å². The summed E-state index contributed by atoms with van der Waals surface area (Å²) in [4.78, 5) is 22.6. The molecule has 0 aliphatic heterocycles. The van der Waals surface area contributed by atoms with Crippen molar-refractivity contribution in [2.24, 2.45) is 0 Å². The van der Waals surface area contributed by atoms with Gasteiger partial charge in [0.15, 0.2) is 10.1 Å². The molecule has 0 radical (unpaired) electrons. The van der Waals surface area contributed by atoms with Crippen LogP contribution in [-0.4, -0.2) is 22.5 Å². The number of amides is 1. The lowest BCUT2D eigenvalue weighted by Gasteiger charge is -2.04. The van der Waals surface area contributed by atoms with Crippen molar-refractivity contribution in [3.8, 4) is 17.0 Å². The Morgan fingerprint density at radius 2 is 1.85 bits per heavy atom. The summed E-state index contributed by atoms with van der Waals surface area (Å²) in [6.07, 6.45) is 0. The number of aryl methyl sites for hydroxylation is 1. The Balaban J connectivity index is 1.54. The predicted molar refractivity (Wildman–Crippen MR) is 111 cm³/mol. The maximum absolute atomic E-state index is 12.5. The number of rotatable bonds is 5. The zero-order valence-electron chi connectivity index (χ0n) is 14.9. The predicted octanol–water partition coefficient (Wildman–Crippen LogP) is 5.38. The molecule has 136 valence electrons. The number of nitrogens with one attached hydrogen (secondary N) is 1. The highest BCUT2D eigenvalue weighted by Gasteiger charge is 2.16. The van der Waals surface area contributed by atoms with Gasteiger partial charge in [0, 0.05) is 10.4 Å². The monoisotopic (exact) mass is 395 g/mol. The largest absolute Gasteiger partial charge is 0.494 e. The van der Waals surface area contributed by atoms with Gasteiger partial charge in [-0.05, 0) is 50.2 Å². The molecular weight excluding hydrogens is 378 g/mol. The highest BCUT2D eigenvalue weighted by molar-refractivity contribution is 7.20. The van der Waals surface area contributed by atoms with Crippen molar-refractivity contribution < 1.29 is 9.53 Å². The molecule has 7 heteroatoms. The number of thiazole rings is 2. The summed E-state index contributed by atoms with van der Waals surface area (Å²) in [6, 6.07) is 15.5. The zero-order chi connectivity index (χ0) is 18.8. The quantitative estimate of drug-likeness (QED) is 0.493. The summed E-state index contributed by atoms with van der Waals surface area (Å²) in [5.41, 5.74) is 2.69. The third-order valence-corrected chi connectivity index (χ3v) is 5.87. The number of hydrogen-bond donors (Lipinski definition) is 1. The van der Waals surface area contributed by atoms with Crippen LogP contribution in [0.15, 0.2) is 48.5 Å². The van der Waals surface area contributed by atoms with Gasteiger partial charge in [-0.25, -0.2) is 9.97 Å². The van der Waals surface area contributed by atoms with Gasteiger partial charge >= 0.3 is 0 Å². The van der Waals surface area contributed by atoms with E-state index in [1.807, 2.05) is 62.4 Å². The first kappa shape index (κ1) is 17.6. The van der Waals surface area contributed by atoms with Crippen LogP contribution >= 0.6 is 22.7 Å². The van der Waals surface area contributed by atoms with Crippen LogP contribution in [0.5, 0.6) is 5.75 Å². The minimum atomic E-state index is -0.233. The van der Waals surface area contributed by atoms with E-state index in [1.54, 1.807) is 0 Å². The van der Waals surface area contributed by atoms with E-state index in [1.165, 1.54) is 22.7 Å². The molecule has 2 heterocycles. The second-order valence-corrected chi connectivity index (χ2v) is 8.06. The molecule has 1 amide bonds. The van der Waals surface area contributed by atoms with Crippen molar-refractivity contribution >= 4 is 43.9 Å². The molecule has 0 aliphatic carbocycles. The van der Waals surface area contributed by atoms with Gasteiger partial charge in [0.25, 0.3) is 5.91 Å². The number of aromatic nitrogens is 2. The van der Waals surface area contributed by atoms with Crippen molar-refractivity contribution in [1.29, 1.82) is 0 Å². The molecule has 0 spiro atoms. The summed E-state index contributed by atoms with van der Waals surface area (Å²) in [5, 5.41) is 3.88. The average Bonchev–Trinajstić information content (AvgIpc) is 3.26. The van der Waals surface area contributed by atoms with Crippen LogP contribution in [-0.2, 0) is 0 Å². The molecule has 0 atom stereocenters. The van der Waals surface area contributed by atoms with Crippen LogP contribution in [0.2, 0.25) is 0 Å². The van der Waals surface area contributed by atoms with Gasteiger partial charge in [-0.2, -0.15) is 0 Å². The van der Waals surface area contributed by atoms with Crippen LogP contribution in [0.25, 0.3) is 21.5 Å². The second kappa shape index (κ2) is 7.46. The van der Waals surface area contributed by atoms with Crippen molar-refractivity contribution in [1.82, 2.24) is 9.97 Å². The maximum Gasteiger partial charge on any atom is 0.286 e. The molecule has 0 fully saturated rings. The summed E-state index contributed by atoms with van der Waals surface area (Å²) in [6.45, 7) is 4.59. The lowest BCUT2D eigenvalue weighted by molar-refractivity contribution is 0.102. The molecule has 1 N–H and O–H groups in total. The Kier molecular flexibility index (Phi) is 4.87. The van der Waals surface area contributed by atoms with Gasteiger partial charge in [0.05, 0.1) is 22.5 Å². The standard InChI is InChI=1S/C20H17N3O2S2/c1-3-25-14-10-8-13(9-11-14)17-12(2)26-20(22-17)23-18(24)19-21-15-6-4-5-7-16(15)27-19/h4-11H,3H2,1-2H3,(H,22,23,24). The fraction of sp³-hybridized carbons (Fsp3) is 0.150. The van der Waals surface area contributed by atoms with E-state index >= 15 is 0 Å². The molecule has 0 unspecified atom stereocenters. The molecule has 0 bridgehead atoms. The van der Waals surface area contributed by atoms with E-state index in [2.05, 4.69) is 15.3 Å². The van der Waals surface area contributed by atoms with E-state index in [4.69, 9.17) is 4.74 Å². The number of nitrogens with zero attached hydrogens (tertiary/aromatic N) is 2. The fourth-order valence-electron chi connectivity index (χ4n) is 2.71. The number of hydrogen-bond acceptors (Lipinski definition) is 6. The Labute approximate surface area is 164 Å². The van der Waals surface area contributed by atoms with E-state index in [0.29, 0.717) is 16.7 Å². The van der Waals surface area contributed by atoms with Gasteiger partial charge < -0.3 is 4.74 Å². The number of carbonyl (C=O) groups is 1. The Morgan fingerprint density at radius 3 is 2.59 bits per heavy atom. The van der Waals surface area contributed by atoms with Gasteiger partial charge in [-0.1, -0.05) is 12.1 Å². The molecule has 27 heavy (non-hydrogen) atoms. The summed E-state index contributed by atoms with van der Waals surface area (Å²) >= 11 is 2.83. The van der Waals surface area contributed by atoms with E-state index in [9.17, 15) is 4.79 Å². The Hall–Kier alpha value is -2.77. The molecule has 0 saturated heterocycles. The van der Waals surface area contributed by atoms with Crippen LogP contribution in [0.1, 0.15) is 21.6 Å². The van der Waals surface area contributed by atoms with Crippen molar-refractivity contribution in [3.05, 3.63) is 58.4 Å². The molecular formula is C20H17N3O2S2. The topological polar surface area (TPSA) is 64.1 Å². The van der Waals surface area contributed by atoms with Crippen LogP contribution < -0.4 is 10.1 Å². The first-order valence-corrected chi connectivity index (χ1v) is 10.1. The fourth-order valence-corrected chi connectivity index (χ4v) is 4.41. The number of para-hydroxylation sites is 1. The van der Waals surface area contributed by atoms with E-state index in [-0.39, 0.29) is 5.91 Å². The molecule has 5 nitrogen and oxygen atoms in total. The number of carbonyl (C=O) groups excluding carboxylic acids is 1. The SMILES string of the molecule is CCOc1ccc(-c2nc(NC(=O)c3nc4ccccc4s3)sc2C)cc1. The first-order valence-electron chi connectivity index (χ1n) is 8.51. The van der Waals surface area contributed by atoms with Gasteiger partial charge in [0.2, 0.25) is 0 Å². The number of fused-ring (bicyclic) bond motifs is 1. The van der Waals surface area contributed by atoms with Crippen LogP contribution in [0.3, 0.4) is 0 Å². The third-order valence-electron chi connectivity index (χ3n) is 3.94. The Bertz CT molecular complexity index is 1070. The maximum atomic E-state index is 12.5. The van der Waals surface area contributed by atoms with Crippen LogP contribution in [0, 0.1) is 6.92 Å². The summed E-state index contributed by atoms with van der Waals surface area (Å²) < 4.78 is 6.47. The molecule has 4 rings (SSSR count). The number of anilines is 1. The second-order valence-electron chi connectivity index (χ2n) is 5.82. The average molecular weight is 396 g/mol. The van der Waals surface area contributed by atoms with Crippen LogP contribution in [0.4, 0.5) is 5.13 Å². The zero-order valence-corrected chi connectivity index (χ0v) is 16.5. The van der Waals surface area contributed by atoms with Crippen molar-refractivity contribution in [2.45, 2.75) is 13.8 Å². The lowest BCUT2D eigenvalue weighted by Crippen LogP contribution is -2.11. The first-order chi connectivity index (χ1) is 13.1. The smallest absolute Gasteiger partial charge is 0.286 e. The molecule has 0 aliphatic rings. The molecule has 2 aromatic heterocycles. The van der Waals surface area contributed by atoms with Gasteiger partial charge in [-0.15, -0.1) is 22.7 Å². The van der Waals surface area contributed by atoms with Gasteiger partial charge in [0.1, 0.15) is 5.75 Å². The van der Waals surface area contributed by atoms with Crippen molar-refractivity contribution in [2.75, 3.05) is 11.9 Å². The number of benzene rings is 2. The van der Waals surface area contributed by atoms with Crippen molar-refractivity contribution in [3.63, 3.8) is 0 Å². The number of ether oxygens (including phenoxy) is 1. The lowest BCUT2D eigenvalue weighted by atomic mass is 10.1. The molecule has 2 aromatic carbocycles. The third kappa shape index (κ3) is 3.70.